The predicted molar refractivity (Wildman–Crippen MR) is 71.3 cm³/mol. The van der Waals surface area contributed by atoms with Gasteiger partial charge in [-0.2, -0.15) is 0 Å². The number of ether oxygens (including phenoxy) is 2. The van der Waals surface area contributed by atoms with Crippen molar-refractivity contribution in [2.24, 2.45) is 0 Å². The first-order chi connectivity index (χ1) is 10.4. The molecule has 0 aromatic heterocycles. The molecule has 1 aliphatic heterocycles. The average Bonchev–Trinajstić information content (AvgIpc) is 2.71. The molecule has 122 valence electrons. The zero-order valence-electron chi connectivity index (χ0n) is 12.5. The molecule has 0 aliphatic carbocycles. The van der Waals surface area contributed by atoms with Crippen LogP contribution < -0.4 is 0 Å². The lowest BCUT2D eigenvalue weighted by molar-refractivity contribution is -0.144. The average molecular weight is 314 g/mol. The summed E-state index contributed by atoms with van der Waals surface area (Å²) in [5.41, 5.74) is 0. The number of amides is 4. The molecule has 0 N–H and O–H groups in total. The molecule has 9 heteroatoms. The summed E-state index contributed by atoms with van der Waals surface area (Å²) in [7, 11) is 2.47. The summed E-state index contributed by atoms with van der Waals surface area (Å²) in [6.07, 6.45) is 0.523. The van der Waals surface area contributed by atoms with E-state index in [1.54, 1.807) is 0 Å². The highest BCUT2D eigenvalue weighted by molar-refractivity contribution is 6.44. The van der Waals surface area contributed by atoms with Crippen LogP contribution in [0.3, 0.4) is 0 Å². The molecule has 0 radical (unpaired) electrons. The Kier molecular flexibility index (Phi) is 6.48. The van der Waals surface area contributed by atoms with E-state index in [1.165, 1.54) is 14.2 Å². The van der Waals surface area contributed by atoms with Crippen LogP contribution in [0.25, 0.3) is 0 Å². The lowest BCUT2D eigenvalue weighted by atomic mass is 10.3. The molecular weight excluding hydrogens is 296 g/mol. The van der Waals surface area contributed by atoms with E-state index in [2.05, 4.69) is 9.47 Å². The molecular formula is C13H18N2O7. The number of hydrogen-bond acceptors (Lipinski definition) is 7. The molecule has 0 saturated carbocycles. The number of nitrogens with zero attached hydrogens (tertiary/aromatic N) is 2. The summed E-state index contributed by atoms with van der Waals surface area (Å²) >= 11 is 0. The SMILES string of the molecule is COC(=O)CCCN1C(=O)C(=O)N(CCCC(=O)OC)C1=O. The van der Waals surface area contributed by atoms with Crippen molar-refractivity contribution in [3.63, 3.8) is 0 Å². The van der Waals surface area contributed by atoms with E-state index in [0.717, 1.165) is 9.80 Å². The number of urea groups is 1. The maximum atomic E-state index is 12.0. The normalized spacial score (nSPS) is 14.5. The van der Waals surface area contributed by atoms with Crippen LogP contribution in [0.2, 0.25) is 0 Å². The molecule has 1 heterocycles. The van der Waals surface area contributed by atoms with Crippen LogP contribution in [-0.2, 0) is 28.7 Å². The van der Waals surface area contributed by atoms with Gasteiger partial charge in [0.25, 0.3) is 0 Å². The first-order valence-corrected chi connectivity index (χ1v) is 6.73. The molecule has 1 aliphatic rings. The van der Waals surface area contributed by atoms with Gasteiger partial charge in [-0.05, 0) is 12.8 Å². The first-order valence-electron chi connectivity index (χ1n) is 6.73. The maximum Gasteiger partial charge on any atom is 0.334 e. The van der Waals surface area contributed by atoms with Crippen molar-refractivity contribution < 1.29 is 33.4 Å². The Balaban J connectivity index is 2.51. The van der Waals surface area contributed by atoms with Crippen molar-refractivity contribution in [3.8, 4) is 0 Å². The van der Waals surface area contributed by atoms with Gasteiger partial charge in [0.15, 0.2) is 0 Å². The summed E-state index contributed by atoms with van der Waals surface area (Å²) in [6.45, 7) is -0.0714. The third kappa shape index (κ3) is 4.27. The zero-order valence-corrected chi connectivity index (χ0v) is 12.5. The zero-order chi connectivity index (χ0) is 16.7. The van der Waals surface area contributed by atoms with Crippen LogP contribution in [0.1, 0.15) is 25.7 Å². The predicted octanol–water partition coefficient (Wildman–Crippen LogP) is -0.316. The van der Waals surface area contributed by atoms with Gasteiger partial charge in [-0.1, -0.05) is 0 Å². The van der Waals surface area contributed by atoms with Crippen LogP contribution in [0.5, 0.6) is 0 Å². The highest BCUT2D eigenvalue weighted by Crippen LogP contribution is 2.14. The number of esters is 2. The molecule has 4 amide bonds. The number of imide groups is 2. The van der Waals surface area contributed by atoms with Crippen molar-refractivity contribution in [1.29, 1.82) is 0 Å². The molecule has 0 aromatic carbocycles. The standard InChI is InChI=1S/C13H18N2O7/c1-21-9(16)5-3-7-14-11(18)12(19)15(13(14)20)8-4-6-10(17)22-2/h3-8H2,1-2H3. The van der Waals surface area contributed by atoms with E-state index in [0.29, 0.717) is 0 Å². The number of methoxy groups -OCH3 is 2. The van der Waals surface area contributed by atoms with Crippen LogP contribution in [0.4, 0.5) is 4.79 Å². The smallest absolute Gasteiger partial charge is 0.334 e. The molecule has 1 saturated heterocycles. The summed E-state index contributed by atoms with van der Waals surface area (Å²) in [4.78, 5) is 59.0. The summed E-state index contributed by atoms with van der Waals surface area (Å²) in [6, 6.07) is -0.732. The molecule has 1 rings (SSSR count). The Morgan fingerprint density at radius 2 is 1.18 bits per heavy atom. The minimum Gasteiger partial charge on any atom is -0.469 e. The van der Waals surface area contributed by atoms with Crippen molar-refractivity contribution in [3.05, 3.63) is 0 Å². The topological polar surface area (TPSA) is 110 Å². The second-order valence-electron chi connectivity index (χ2n) is 4.56. The molecule has 0 aromatic rings. The van der Waals surface area contributed by atoms with Crippen molar-refractivity contribution >= 4 is 29.8 Å². The van der Waals surface area contributed by atoms with Gasteiger partial charge in [0.2, 0.25) is 0 Å². The molecule has 22 heavy (non-hydrogen) atoms. The minimum atomic E-state index is -0.923. The van der Waals surface area contributed by atoms with Crippen molar-refractivity contribution in [2.75, 3.05) is 27.3 Å². The first kappa shape index (κ1) is 17.6. The van der Waals surface area contributed by atoms with E-state index < -0.39 is 29.8 Å². The monoisotopic (exact) mass is 314 g/mol. The maximum absolute atomic E-state index is 12.0. The van der Waals surface area contributed by atoms with Gasteiger partial charge in [-0.15, -0.1) is 0 Å². The number of carbonyl (C=O) groups is 5. The van der Waals surface area contributed by atoms with Crippen LogP contribution in [-0.4, -0.2) is 66.9 Å². The minimum absolute atomic E-state index is 0.0357. The Hall–Kier alpha value is -2.45. The third-order valence-electron chi connectivity index (χ3n) is 3.12. The van der Waals surface area contributed by atoms with Gasteiger partial charge >= 0.3 is 29.8 Å². The van der Waals surface area contributed by atoms with E-state index in [1.807, 2.05) is 0 Å². The quantitative estimate of drug-likeness (QED) is 0.343. The highest BCUT2D eigenvalue weighted by atomic mass is 16.5. The van der Waals surface area contributed by atoms with Gasteiger partial charge in [-0.3, -0.25) is 29.0 Å². The van der Waals surface area contributed by atoms with Gasteiger partial charge in [0.05, 0.1) is 14.2 Å². The lowest BCUT2D eigenvalue weighted by Crippen LogP contribution is -2.35. The number of hydrogen-bond donors (Lipinski definition) is 0. The van der Waals surface area contributed by atoms with Crippen molar-refractivity contribution in [2.45, 2.75) is 25.7 Å². The Morgan fingerprint density at radius 1 is 0.818 bits per heavy atom. The fourth-order valence-corrected chi connectivity index (χ4v) is 1.91. The third-order valence-corrected chi connectivity index (χ3v) is 3.12. The Bertz CT molecular complexity index is 447. The molecule has 0 spiro atoms. The summed E-state index contributed by atoms with van der Waals surface area (Å²) in [5.74, 6) is -2.76. The van der Waals surface area contributed by atoms with E-state index in [4.69, 9.17) is 0 Å². The number of carbonyl (C=O) groups excluding carboxylic acids is 5. The molecule has 9 nitrogen and oxygen atoms in total. The van der Waals surface area contributed by atoms with E-state index in [9.17, 15) is 24.0 Å². The summed E-state index contributed by atoms with van der Waals surface area (Å²) < 4.78 is 8.90. The summed E-state index contributed by atoms with van der Waals surface area (Å²) in [5, 5.41) is 0. The van der Waals surface area contributed by atoms with Gasteiger partial charge in [-0.25, -0.2) is 4.79 Å². The van der Waals surface area contributed by atoms with Gasteiger partial charge in [0.1, 0.15) is 0 Å². The molecule has 0 atom stereocenters. The molecule has 0 unspecified atom stereocenters. The molecule has 1 fully saturated rings. The van der Waals surface area contributed by atoms with Gasteiger partial charge < -0.3 is 9.47 Å². The largest absolute Gasteiger partial charge is 0.469 e. The Morgan fingerprint density at radius 3 is 1.50 bits per heavy atom. The van der Waals surface area contributed by atoms with Crippen LogP contribution in [0, 0.1) is 0 Å². The van der Waals surface area contributed by atoms with Gasteiger partial charge in [0, 0.05) is 25.9 Å². The van der Waals surface area contributed by atoms with Crippen LogP contribution >= 0.6 is 0 Å². The number of rotatable bonds is 8. The Labute approximate surface area is 127 Å². The van der Waals surface area contributed by atoms with E-state index in [-0.39, 0.29) is 38.8 Å². The fourth-order valence-electron chi connectivity index (χ4n) is 1.91. The van der Waals surface area contributed by atoms with Crippen LogP contribution in [0.15, 0.2) is 0 Å². The molecule has 0 bridgehead atoms. The lowest BCUT2D eigenvalue weighted by Gasteiger charge is -2.14. The van der Waals surface area contributed by atoms with E-state index >= 15 is 0 Å². The fraction of sp³-hybridized carbons (Fsp3) is 0.615. The second-order valence-corrected chi connectivity index (χ2v) is 4.56. The van der Waals surface area contributed by atoms with Crippen molar-refractivity contribution in [1.82, 2.24) is 9.80 Å². The second kappa shape index (κ2) is 8.11. The highest BCUT2D eigenvalue weighted by Gasteiger charge is 2.43.